The number of rotatable bonds is 7. The lowest BCUT2D eigenvalue weighted by Crippen LogP contribution is -2.44. The van der Waals surface area contributed by atoms with E-state index in [0.29, 0.717) is 30.2 Å². The Morgan fingerprint density at radius 1 is 1.21 bits per heavy atom. The molecule has 1 saturated heterocycles. The average molecular weight is 554 g/mol. The molecule has 2 aromatic heterocycles. The highest BCUT2D eigenvalue weighted by Gasteiger charge is 2.35. The third kappa shape index (κ3) is 5.35. The molecule has 0 amide bonds. The van der Waals surface area contributed by atoms with Crippen molar-refractivity contribution in [3.63, 3.8) is 0 Å². The average Bonchev–Trinajstić information content (AvgIpc) is 3.63. The van der Waals surface area contributed by atoms with Crippen LogP contribution in [-0.4, -0.2) is 50.8 Å². The minimum Gasteiger partial charge on any atom is -0.387 e. The Hall–Kier alpha value is -3.19. The fourth-order valence-corrected chi connectivity index (χ4v) is 5.84. The van der Waals surface area contributed by atoms with Crippen LogP contribution in [-0.2, 0) is 22.4 Å². The molecule has 1 aromatic carbocycles. The van der Waals surface area contributed by atoms with Crippen molar-refractivity contribution in [2.75, 3.05) is 13.1 Å². The number of carbonyl (C=O) groups excluding carboxylic acids is 1. The molecule has 0 saturated carbocycles. The highest BCUT2D eigenvalue weighted by atomic mass is 32.1. The number of hydrogen-bond acceptors (Lipinski definition) is 7. The van der Waals surface area contributed by atoms with E-state index in [9.17, 15) is 26.7 Å². The Bertz CT molecular complexity index is 1330. The first-order valence-electron chi connectivity index (χ1n) is 12.1. The van der Waals surface area contributed by atoms with Gasteiger partial charge in [0.1, 0.15) is 23.6 Å². The van der Waals surface area contributed by atoms with Crippen molar-refractivity contribution in [1.82, 2.24) is 19.7 Å². The summed E-state index contributed by atoms with van der Waals surface area (Å²) in [4.78, 5) is 23.8. The van der Waals surface area contributed by atoms with E-state index in [0.717, 1.165) is 30.2 Å². The number of aldehydes is 1. The zero-order valence-corrected chi connectivity index (χ0v) is 21.1. The minimum absolute atomic E-state index is 0.0427. The zero-order chi connectivity index (χ0) is 27.0. The minimum atomic E-state index is -4.54. The first-order valence-corrected chi connectivity index (χ1v) is 13.0. The second-order valence-electron chi connectivity index (χ2n) is 9.41. The summed E-state index contributed by atoms with van der Waals surface area (Å²) in [6.45, 7) is 2.73. The van der Waals surface area contributed by atoms with Gasteiger partial charge in [-0.15, -0.1) is 11.3 Å². The van der Waals surface area contributed by atoms with Crippen LogP contribution in [0.15, 0.2) is 34.8 Å². The molecule has 202 valence electrons. The highest BCUT2D eigenvalue weighted by Crippen LogP contribution is 2.35. The molecule has 1 fully saturated rings. The van der Waals surface area contributed by atoms with Crippen LogP contribution in [0.25, 0.3) is 0 Å². The number of carbonyl (C=O) groups is 1. The molecule has 5 rings (SSSR count). The number of alkyl halides is 3. The molecular formula is C25H24F5N5O2S. The topological polar surface area (TPSA) is 72.6 Å². The molecule has 0 bridgehead atoms. The van der Waals surface area contributed by atoms with Crippen molar-refractivity contribution in [2.45, 2.75) is 57.0 Å². The molecule has 38 heavy (non-hydrogen) atoms. The molecule has 0 radical (unpaired) electrons. The summed E-state index contributed by atoms with van der Waals surface area (Å²) in [6, 6.07) is 4.03. The van der Waals surface area contributed by atoms with E-state index in [-0.39, 0.29) is 24.4 Å². The fourth-order valence-electron chi connectivity index (χ4n) is 4.84. The molecule has 4 heterocycles. The van der Waals surface area contributed by atoms with Gasteiger partial charge < -0.3 is 9.63 Å². The van der Waals surface area contributed by atoms with Gasteiger partial charge in [-0.05, 0) is 51.1 Å². The van der Waals surface area contributed by atoms with Crippen LogP contribution in [0.1, 0.15) is 58.9 Å². The van der Waals surface area contributed by atoms with Crippen LogP contribution < -0.4 is 0 Å². The maximum atomic E-state index is 14.1. The Labute approximate surface area is 218 Å². The number of piperidine rings is 1. The van der Waals surface area contributed by atoms with E-state index in [2.05, 4.69) is 10.3 Å². The number of thiazole rings is 1. The molecule has 2 aliphatic rings. The first-order chi connectivity index (χ1) is 18.1. The van der Waals surface area contributed by atoms with Gasteiger partial charge >= 0.3 is 6.18 Å². The quantitative estimate of drug-likeness (QED) is 0.295. The van der Waals surface area contributed by atoms with Crippen LogP contribution >= 0.6 is 11.3 Å². The van der Waals surface area contributed by atoms with E-state index >= 15 is 0 Å². The van der Waals surface area contributed by atoms with Crippen molar-refractivity contribution >= 4 is 23.3 Å². The number of oxime groups is 1. The Kier molecular flexibility index (Phi) is 7.32. The third-order valence-corrected chi connectivity index (χ3v) is 7.95. The van der Waals surface area contributed by atoms with Gasteiger partial charge in [-0.3, -0.25) is 9.58 Å². The summed E-state index contributed by atoms with van der Waals surface area (Å²) >= 11 is 1.47. The van der Waals surface area contributed by atoms with E-state index in [1.807, 2.05) is 10.3 Å². The van der Waals surface area contributed by atoms with Crippen molar-refractivity contribution in [3.05, 3.63) is 68.9 Å². The molecular weight excluding hydrogens is 529 g/mol. The van der Waals surface area contributed by atoms with Gasteiger partial charge in [0.05, 0.1) is 28.9 Å². The second kappa shape index (κ2) is 10.5. The van der Waals surface area contributed by atoms with Crippen LogP contribution in [0.4, 0.5) is 22.0 Å². The molecule has 7 nitrogen and oxygen atoms in total. The van der Waals surface area contributed by atoms with Crippen LogP contribution in [0.5, 0.6) is 0 Å². The first kappa shape index (κ1) is 26.4. The predicted molar refractivity (Wildman–Crippen MR) is 129 cm³/mol. The van der Waals surface area contributed by atoms with E-state index in [1.54, 1.807) is 0 Å². The maximum absolute atomic E-state index is 14.1. The summed E-state index contributed by atoms with van der Waals surface area (Å²) in [5, 5.41) is 10.4. The van der Waals surface area contributed by atoms with E-state index in [4.69, 9.17) is 9.82 Å². The molecule has 2 unspecified atom stereocenters. The van der Waals surface area contributed by atoms with Gasteiger partial charge in [-0.25, -0.2) is 13.8 Å². The fraction of sp³-hybridized carbons (Fsp3) is 0.440. The van der Waals surface area contributed by atoms with Gasteiger partial charge in [-0.1, -0.05) is 11.2 Å². The van der Waals surface area contributed by atoms with Gasteiger partial charge in [0.25, 0.3) is 0 Å². The highest BCUT2D eigenvalue weighted by molar-refractivity contribution is 7.10. The number of hydrogen-bond donors (Lipinski definition) is 0. The Morgan fingerprint density at radius 2 is 1.92 bits per heavy atom. The van der Waals surface area contributed by atoms with Gasteiger partial charge in [0.15, 0.2) is 11.8 Å². The van der Waals surface area contributed by atoms with Crippen molar-refractivity contribution in [2.24, 2.45) is 5.16 Å². The van der Waals surface area contributed by atoms with Crippen molar-refractivity contribution in [1.29, 1.82) is 0 Å². The molecule has 3 aromatic rings. The number of halogens is 5. The lowest BCUT2D eigenvalue weighted by atomic mass is 9.96. The molecule has 2 aliphatic heterocycles. The van der Waals surface area contributed by atoms with E-state index in [1.165, 1.54) is 41.1 Å². The number of nitrogens with zero attached hydrogens (tertiary/aromatic N) is 5. The number of benzene rings is 1. The molecule has 0 spiro atoms. The normalized spacial score (nSPS) is 19.8. The van der Waals surface area contributed by atoms with E-state index < -0.39 is 35.7 Å². The summed E-state index contributed by atoms with van der Waals surface area (Å²) < 4.78 is 68.4. The van der Waals surface area contributed by atoms with Gasteiger partial charge in [-0.2, -0.15) is 18.3 Å². The number of aromatic nitrogens is 3. The Balaban J connectivity index is 1.18. The SMILES string of the molecule is Cc1cc(C(F)(F)F)nn1CC(C=O)N1CCC(c2nc(C3=NOC(c4c(F)cccc4F)C3)cs2)CC1. The molecule has 13 heteroatoms. The molecule has 0 aliphatic carbocycles. The van der Waals surface area contributed by atoms with Gasteiger partial charge in [0, 0.05) is 23.4 Å². The maximum Gasteiger partial charge on any atom is 0.435 e. The van der Waals surface area contributed by atoms with Crippen molar-refractivity contribution in [3.8, 4) is 0 Å². The summed E-state index contributed by atoms with van der Waals surface area (Å²) in [6.07, 6.45) is -3.01. The predicted octanol–water partition coefficient (Wildman–Crippen LogP) is 5.26. The summed E-state index contributed by atoms with van der Waals surface area (Å²) in [7, 11) is 0. The smallest absolute Gasteiger partial charge is 0.387 e. The Morgan fingerprint density at radius 3 is 2.55 bits per heavy atom. The monoisotopic (exact) mass is 553 g/mol. The van der Waals surface area contributed by atoms with Crippen LogP contribution in [0.3, 0.4) is 0 Å². The molecule has 2 atom stereocenters. The second-order valence-corrected chi connectivity index (χ2v) is 10.3. The number of aryl methyl sites for hydroxylation is 1. The summed E-state index contributed by atoms with van der Waals surface area (Å²) in [5.41, 5.74) is 0.339. The van der Waals surface area contributed by atoms with Gasteiger partial charge in [0.2, 0.25) is 0 Å². The third-order valence-electron chi connectivity index (χ3n) is 6.94. The standard InChI is InChI=1S/C25H24F5N5O2S/c1-14-9-22(25(28,29)30)32-35(14)11-16(12-36)34-7-5-15(6-8-34)24-31-20(13-38-24)19-10-21(37-33-19)23-17(26)3-2-4-18(23)27/h2-4,9,12-13,15-16,21H,5-8,10-11H2,1H3. The molecule has 0 N–H and O–H groups in total. The number of likely N-dealkylation sites (tertiary alicyclic amines) is 1. The zero-order valence-electron chi connectivity index (χ0n) is 20.3. The van der Waals surface area contributed by atoms with Crippen LogP contribution in [0, 0.1) is 18.6 Å². The van der Waals surface area contributed by atoms with Crippen LogP contribution in [0.2, 0.25) is 0 Å². The lowest BCUT2D eigenvalue weighted by Gasteiger charge is -2.34. The van der Waals surface area contributed by atoms with Crippen molar-refractivity contribution < 1.29 is 31.6 Å². The largest absolute Gasteiger partial charge is 0.435 e. The summed E-state index contributed by atoms with van der Waals surface area (Å²) in [5.74, 6) is -1.23. The lowest BCUT2D eigenvalue weighted by molar-refractivity contribution is -0.141.